The van der Waals surface area contributed by atoms with Crippen LogP contribution in [0.1, 0.15) is 50.9 Å². The lowest BCUT2D eigenvalue weighted by Gasteiger charge is -2.16. The highest BCUT2D eigenvalue weighted by Crippen LogP contribution is 2.45. The molecule has 0 atom stereocenters. The molecule has 3 rings (SSSR count). The summed E-state index contributed by atoms with van der Waals surface area (Å²) in [6.45, 7) is 2.04. The lowest BCUT2D eigenvalue weighted by Crippen LogP contribution is -2.16. The van der Waals surface area contributed by atoms with Gasteiger partial charge in [0.1, 0.15) is 5.00 Å². The summed E-state index contributed by atoms with van der Waals surface area (Å²) >= 11 is 4.87. The van der Waals surface area contributed by atoms with Crippen molar-refractivity contribution >= 4 is 44.1 Å². The third kappa shape index (κ3) is 4.13. The van der Waals surface area contributed by atoms with Crippen molar-refractivity contribution in [1.29, 1.82) is 0 Å². The molecule has 1 N–H and O–H groups in total. The molecule has 30 heavy (non-hydrogen) atoms. The number of rotatable bonds is 7. The van der Waals surface area contributed by atoms with E-state index in [9.17, 15) is 9.59 Å². The smallest absolute Gasteiger partial charge is 0.341 e. The Morgan fingerprint density at radius 3 is 2.43 bits per heavy atom. The third-order valence-electron chi connectivity index (χ3n) is 4.89. The zero-order chi connectivity index (χ0) is 21.8. The van der Waals surface area contributed by atoms with E-state index < -0.39 is 11.9 Å². The van der Waals surface area contributed by atoms with Gasteiger partial charge in [-0.2, -0.15) is 0 Å². The minimum Gasteiger partial charge on any atom is -0.493 e. The predicted molar refractivity (Wildman–Crippen MR) is 119 cm³/mol. The second-order valence-corrected chi connectivity index (χ2v) is 8.49. The van der Waals surface area contributed by atoms with Crippen molar-refractivity contribution in [2.45, 2.75) is 32.6 Å². The Bertz CT molecular complexity index is 971. The van der Waals surface area contributed by atoms with Gasteiger partial charge in [-0.15, -0.1) is 11.3 Å². The molecule has 0 aliphatic heterocycles. The fourth-order valence-corrected chi connectivity index (χ4v) is 5.44. The first-order valence-electron chi connectivity index (χ1n) is 9.58. The van der Waals surface area contributed by atoms with E-state index in [1.54, 1.807) is 13.0 Å². The van der Waals surface area contributed by atoms with E-state index in [1.165, 1.54) is 32.7 Å². The van der Waals surface area contributed by atoms with Crippen LogP contribution in [-0.4, -0.2) is 39.8 Å². The first-order valence-corrected chi connectivity index (χ1v) is 11.2. The average molecular weight is 498 g/mol. The molecule has 0 spiro atoms. The molecule has 0 radical (unpaired) electrons. The van der Waals surface area contributed by atoms with Gasteiger partial charge in [0.15, 0.2) is 11.5 Å². The Morgan fingerprint density at radius 2 is 1.80 bits per heavy atom. The van der Waals surface area contributed by atoms with Gasteiger partial charge >= 0.3 is 5.97 Å². The van der Waals surface area contributed by atoms with Crippen molar-refractivity contribution in [2.24, 2.45) is 0 Å². The SMILES string of the molecule is CCOC(=O)c1c(NC(=O)c2cc(OC)c(OC)c(OC)c2Br)sc2c1CCCC2. The Kier molecular flexibility index (Phi) is 7.25. The number of halogens is 1. The van der Waals surface area contributed by atoms with Gasteiger partial charge in [-0.3, -0.25) is 4.79 Å². The molecule has 1 aromatic carbocycles. The molecule has 162 valence electrons. The van der Waals surface area contributed by atoms with Gasteiger partial charge in [0.2, 0.25) is 5.75 Å². The van der Waals surface area contributed by atoms with Crippen LogP contribution in [0.2, 0.25) is 0 Å². The van der Waals surface area contributed by atoms with Crippen LogP contribution in [0.3, 0.4) is 0 Å². The number of methoxy groups -OCH3 is 3. The second kappa shape index (κ2) is 9.70. The molecule has 1 heterocycles. The third-order valence-corrected chi connectivity index (χ3v) is 6.89. The summed E-state index contributed by atoms with van der Waals surface area (Å²) in [6, 6.07) is 1.57. The number of benzene rings is 1. The highest BCUT2D eigenvalue weighted by Gasteiger charge is 2.29. The Labute approximate surface area is 187 Å². The molecule has 0 saturated carbocycles. The van der Waals surface area contributed by atoms with E-state index in [1.807, 2.05) is 0 Å². The monoisotopic (exact) mass is 497 g/mol. The van der Waals surface area contributed by atoms with Crippen molar-refractivity contribution in [2.75, 3.05) is 33.3 Å². The van der Waals surface area contributed by atoms with Crippen molar-refractivity contribution < 1.29 is 28.5 Å². The van der Waals surface area contributed by atoms with E-state index >= 15 is 0 Å². The molecule has 0 saturated heterocycles. The fourth-order valence-electron chi connectivity index (χ4n) is 3.53. The molecule has 1 aliphatic carbocycles. The van der Waals surface area contributed by atoms with Crippen LogP contribution in [0.25, 0.3) is 0 Å². The van der Waals surface area contributed by atoms with E-state index in [0.717, 1.165) is 36.1 Å². The number of hydrogen-bond donors (Lipinski definition) is 1. The Morgan fingerprint density at radius 1 is 1.10 bits per heavy atom. The number of fused-ring (bicyclic) bond motifs is 1. The highest BCUT2D eigenvalue weighted by atomic mass is 79.9. The molecule has 0 fully saturated rings. The van der Waals surface area contributed by atoms with Crippen molar-refractivity contribution in [3.8, 4) is 17.2 Å². The van der Waals surface area contributed by atoms with Crippen LogP contribution in [0.4, 0.5) is 5.00 Å². The minimum absolute atomic E-state index is 0.273. The normalized spacial score (nSPS) is 12.7. The summed E-state index contributed by atoms with van der Waals surface area (Å²) in [6.07, 6.45) is 3.80. The fraction of sp³-hybridized carbons (Fsp3) is 0.429. The van der Waals surface area contributed by atoms with Gasteiger partial charge in [-0.05, 0) is 60.2 Å². The number of carbonyl (C=O) groups is 2. The van der Waals surface area contributed by atoms with Gasteiger partial charge in [0.05, 0.1) is 43.5 Å². The van der Waals surface area contributed by atoms with E-state index in [2.05, 4.69) is 21.2 Å². The quantitative estimate of drug-likeness (QED) is 0.550. The summed E-state index contributed by atoms with van der Waals surface area (Å²) in [5.74, 6) is 0.278. The van der Waals surface area contributed by atoms with Crippen LogP contribution in [0, 0.1) is 0 Å². The van der Waals surface area contributed by atoms with Crippen molar-refractivity contribution in [3.05, 3.63) is 32.1 Å². The number of anilines is 1. The predicted octanol–water partition coefficient (Wildman–Crippen LogP) is 4.84. The Hall–Kier alpha value is -2.26. The summed E-state index contributed by atoms with van der Waals surface area (Å²) in [7, 11) is 4.46. The summed E-state index contributed by atoms with van der Waals surface area (Å²) in [4.78, 5) is 26.9. The second-order valence-electron chi connectivity index (χ2n) is 6.60. The summed E-state index contributed by atoms with van der Waals surface area (Å²) in [5.41, 5.74) is 1.75. The number of amides is 1. The lowest BCUT2D eigenvalue weighted by molar-refractivity contribution is 0.0526. The first kappa shape index (κ1) is 22.4. The van der Waals surface area contributed by atoms with Crippen LogP contribution >= 0.6 is 27.3 Å². The number of thiophene rings is 1. The molecule has 1 aromatic heterocycles. The van der Waals surface area contributed by atoms with E-state index in [0.29, 0.717) is 37.8 Å². The molecule has 2 aromatic rings. The molecular weight excluding hydrogens is 474 g/mol. The maximum absolute atomic E-state index is 13.2. The largest absolute Gasteiger partial charge is 0.493 e. The zero-order valence-corrected chi connectivity index (χ0v) is 19.8. The molecule has 1 aliphatic rings. The lowest BCUT2D eigenvalue weighted by atomic mass is 9.95. The van der Waals surface area contributed by atoms with E-state index in [4.69, 9.17) is 18.9 Å². The van der Waals surface area contributed by atoms with Crippen LogP contribution < -0.4 is 19.5 Å². The molecule has 0 unspecified atom stereocenters. The number of esters is 1. The topological polar surface area (TPSA) is 83.1 Å². The van der Waals surface area contributed by atoms with Gasteiger partial charge in [0, 0.05) is 4.88 Å². The number of nitrogens with one attached hydrogen (secondary N) is 1. The van der Waals surface area contributed by atoms with Gasteiger partial charge < -0.3 is 24.3 Å². The van der Waals surface area contributed by atoms with Crippen LogP contribution in [-0.2, 0) is 17.6 Å². The number of carbonyl (C=O) groups excluding carboxylic acids is 2. The molecule has 7 nitrogen and oxygen atoms in total. The molecule has 1 amide bonds. The number of ether oxygens (including phenoxy) is 4. The molecule has 9 heteroatoms. The Balaban J connectivity index is 2.03. The van der Waals surface area contributed by atoms with Gasteiger partial charge in [-0.1, -0.05) is 0 Å². The minimum atomic E-state index is -0.406. The number of hydrogen-bond acceptors (Lipinski definition) is 7. The van der Waals surface area contributed by atoms with Gasteiger partial charge in [-0.25, -0.2) is 4.79 Å². The van der Waals surface area contributed by atoms with Gasteiger partial charge in [0.25, 0.3) is 5.91 Å². The summed E-state index contributed by atoms with van der Waals surface area (Å²) in [5, 5.41) is 3.41. The first-order chi connectivity index (χ1) is 14.5. The average Bonchev–Trinajstić information content (AvgIpc) is 3.11. The molecular formula is C21H24BrNO6S. The standard InChI is InChI=1S/C21H24BrNO6S/c1-5-29-21(25)15-11-8-6-7-9-14(11)30-20(15)23-19(24)12-10-13(26-2)17(27-3)18(28-4)16(12)22/h10H,5-9H2,1-4H3,(H,23,24). The number of aryl methyl sites for hydroxylation is 1. The van der Waals surface area contributed by atoms with Crippen LogP contribution in [0.5, 0.6) is 17.2 Å². The van der Waals surface area contributed by atoms with Crippen LogP contribution in [0.15, 0.2) is 10.5 Å². The maximum atomic E-state index is 13.2. The van der Waals surface area contributed by atoms with Crippen molar-refractivity contribution in [1.82, 2.24) is 0 Å². The molecule has 0 bridgehead atoms. The van der Waals surface area contributed by atoms with Crippen molar-refractivity contribution in [3.63, 3.8) is 0 Å². The van der Waals surface area contributed by atoms with E-state index in [-0.39, 0.29) is 6.61 Å². The maximum Gasteiger partial charge on any atom is 0.341 e. The zero-order valence-electron chi connectivity index (χ0n) is 17.3. The highest BCUT2D eigenvalue weighted by molar-refractivity contribution is 9.10. The summed E-state index contributed by atoms with van der Waals surface area (Å²) < 4.78 is 21.8.